The molecule has 0 aliphatic heterocycles. The Morgan fingerprint density at radius 1 is 1.06 bits per heavy atom. The summed E-state index contributed by atoms with van der Waals surface area (Å²) in [6.07, 6.45) is 9.43. The van der Waals surface area contributed by atoms with Crippen LogP contribution in [0.2, 0.25) is 0 Å². The normalized spacial score (nSPS) is 15.2. The smallest absolute Gasteiger partial charge is 0.163 e. The van der Waals surface area contributed by atoms with Crippen LogP contribution < -0.4 is 4.74 Å². The van der Waals surface area contributed by atoms with Gasteiger partial charge in [-0.3, -0.25) is 4.79 Å². The minimum absolute atomic E-state index is 0.0875. The molecule has 0 N–H and O–H groups in total. The van der Waals surface area contributed by atoms with Gasteiger partial charge in [0.25, 0.3) is 0 Å². The van der Waals surface area contributed by atoms with E-state index in [-0.39, 0.29) is 18.0 Å². The standard InChI is InChI=1S/C27H32N2O3/c1-3-17-31-24(4-2)27-22-11-8-12-23(30)21(22)13-14-25(27)32-26(18-29-16-15-28-19-29)20-9-6-5-7-10-20/h5-7,9-10,13-16,19,24,26H,3-4,8,11-12,17-18H2,1-2H3. The second-order valence-corrected chi connectivity index (χ2v) is 8.32. The first-order valence-corrected chi connectivity index (χ1v) is 11.7. The predicted octanol–water partition coefficient (Wildman–Crippen LogP) is 6.10. The largest absolute Gasteiger partial charge is 0.483 e. The molecule has 2 unspecified atom stereocenters. The van der Waals surface area contributed by atoms with E-state index in [2.05, 4.69) is 31.0 Å². The van der Waals surface area contributed by atoms with Gasteiger partial charge < -0.3 is 14.0 Å². The van der Waals surface area contributed by atoms with Gasteiger partial charge in [-0.1, -0.05) is 44.2 Å². The summed E-state index contributed by atoms with van der Waals surface area (Å²) in [6.45, 7) is 5.58. The summed E-state index contributed by atoms with van der Waals surface area (Å²) >= 11 is 0. The summed E-state index contributed by atoms with van der Waals surface area (Å²) in [5.41, 5.74) is 4.10. The summed E-state index contributed by atoms with van der Waals surface area (Å²) in [6, 6.07) is 14.2. The first-order chi connectivity index (χ1) is 15.7. The summed E-state index contributed by atoms with van der Waals surface area (Å²) in [5.74, 6) is 1.04. The zero-order valence-corrected chi connectivity index (χ0v) is 19.0. The quantitative estimate of drug-likeness (QED) is 0.388. The molecule has 0 amide bonds. The van der Waals surface area contributed by atoms with Crippen molar-refractivity contribution in [2.24, 2.45) is 0 Å². The number of Topliss-reactive ketones (excluding diaryl/α,β-unsaturated/α-hetero) is 1. The number of nitrogens with zero attached hydrogens (tertiary/aromatic N) is 2. The van der Waals surface area contributed by atoms with Crippen LogP contribution in [0, 0.1) is 0 Å². The van der Waals surface area contributed by atoms with Crippen LogP contribution in [0.5, 0.6) is 5.75 Å². The monoisotopic (exact) mass is 432 g/mol. The van der Waals surface area contributed by atoms with E-state index in [0.29, 0.717) is 19.6 Å². The van der Waals surface area contributed by atoms with Crippen molar-refractivity contribution >= 4 is 5.78 Å². The van der Waals surface area contributed by atoms with Crippen molar-refractivity contribution in [3.63, 3.8) is 0 Å². The van der Waals surface area contributed by atoms with E-state index in [4.69, 9.17) is 9.47 Å². The molecule has 0 fully saturated rings. The van der Waals surface area contributed by atoms with Gasteiger partial charge in [0.2, 0.25) is 0 Å². The van der Waals surface area contributed by atoms with Gasteiger partial charge >= 0.3 is 0 Å². The lowest BCUT2D eigenvalue weighted by atomic mass is 9.84. The minimum atomic E-state index is -0.190. The van der Waals surface area contributed by atoms with Crippen molar-refractivity contribution in [2.75, 3.05) is 6.61 Å². The summed E-state index contributed by atoms with van der Waals surface area (Å²) in [5, 5.41) is 0. The number of hydrogen-bond donors (Lipinski definition) is 0. The van der Waals surface area contributed by atoms with Crippen LogP contribution in [0.15, 0.2) is 61.2 Å². The van der Waals surface area contributed by atoms with Crippen LogP contribution >= 0.6 is 0 Å². The highest BCUT2D eigenvalue weighted by Gasteiger charge is 2.28. The highest BCUT2D eigenvalue weighted by atomic mass is 16.5. The van der Waals surface area contributed by atoms with E-state index in [1.54, 1.807) is 6.20 Å². The van der Waals surface area contributed by atoms with Gasteiger partial charge in [0, 0.05) is 36.5 Å². The lowest BCUT2D eigenvalue weighted by Gasteiger charge is -2.29. The number of carbonyl (C=O) groups excluding carboxylic acids is 1. The third-order valence-electron chi connectivity index (χ3n) is 6.04. The van der Waals surface area contributed by atoms with Gasteiger partial charge in [-0.05, 0) is 48.9 Å². The van der Waals surface area contributed by atoms with Gasteiger partial charge in [-0.2, -0.15) is 0 Å². The Morgan fingerprint density at radius 2 is 1.91 bits per heavy atom. The first kappa shape index (κ1) is 22.3. The Hall–Kier alpha value is -2.92. The third kappa shape index (κ3) is 4.94. The lowest BCUT2D eigenvalue weighted by Crippen LogP contribution is -2.20. The van der Waals surface area contributed by atoms with Crippen LogP contribution in [0.25, 0.3) is 0 Å². The molecule has 1 heterocycles. The molecule has 4 rings (SSSR count). The number of imidazole rings is 1. The number of rotatable bonds is 10. The average Bonchev–Trinajstić information content (AvgIpc) is 3.34. The van der Waals surface area contributed by atoms with Crippen LogP contribution in [0.4, 0.5) is 0 Å². The van der Waals surface area contributed by atoms with Crippen molar-refractivity contribution in [1.29, 1.82) is 0 Å². The van der Waals surface area contributed by atoms with Crippen molar-refractivity contribution in [1.82, 2.24) is 9.55 Å². The Kier molecular flexibility index (Phi) is 7.38. The number of hydrogen-bond acceptors (Lipinski definition) is 4. The molecule has 1 aliphatic rings. The van der Waals surface area contributed by atoms with Gasteiger partial charge in [-0.15, -0.1) is 0 Å². The lowest BCUT2D eigenvalue weighted by molar-refractivity contribution is 0.0458. The molecule has 0 bridgehead atoms. The average molecular weight is 433 g/mol. The second kappa shape index (κ2) is 10.6. The van der Waals surface area contributed by atoms with Crippen LogP contribution in [-0.4, -0.2) is 21.9 Å². The predicted molar refractivity (Wildman–Crippen MR) is 125 cm³/mol. The van der Waals surface area contributed by atoms with Crippen molar-refractivity contribution in [3.05, 3.63) is 83.4 Å². The summed E-state index contributed by atoms with van der Waals surface area (Å²) in [4.78, 5) is 16.8. The maximum absolute atomic E-state index is 12.6. The van der Waals surface area contributed by atoms with E-state index in [0.717, 1.165) is 53.7 Å². The van der Waals surface area contributed by atoms with Gasteiger partial charge in [-0.25, -0.2) is 4.98 Å². The number of ether oxygens (including phenoxy) is 2. The molecule has 3 aromatic rings. The SMILES string of the molecule is CCCOC(CC)c1c(OC(Cn2ccnc2)c2ccccc2)ccc2c1CCCC2=O. The van der Waals surface area contributed by atoms with E-state index < -0.39 is 0 Å². The molecule has 5 heteroatoms. The summed E-state index contributed by atoms with van der Waals surface area (Å²) in [7, 11) is 0. The van der Waals surface area contributed by atoms with Crippen LogP contribution in [0.1, 0.15) is 78.8 Å². The molecular weight excluding hydrogens is 400 g/mol. The molecule has 32 heavy (non-hydrogen) atoms. The molecule has 5 nitrogen and oxygen atoms in total. The molecular formula is C27H32N2O3. The van der Waals surface area contributed by atoms with Gasteiger partial charge in [0.1, 0.15) is 11.9 Å². The molecule has 168 valence electrons. The maximum atomic E-state index is 12.6. The third-order valence-corrected chi connectivity index (χ3v) is 6.04. The molecule has 1 aromatic heterocycles. The van der Waals surface area contributed by atoms with Crippen molar-refractivity contribution in [2.45, 2.75) is 64.7 Å². The number of carbonyl (C=O) groups is 1. The Bertz CT molecular complexity index is 1010. The molecule has 1 aliphatic carbocycles. The van der Waals surface area contributed by atoms with E-state index >= 15 is 0 Å². The van der Waals surface area contributed by atoms with E-state index in [1.165, 1.54) is 0 Å². The Balaban J connectivity index is 1.75. The van der Waals surface area contributed by atoms with Crippen molar-refractivity contribution in [3.8, 4) is 5.75 Å². The molecule has 0 spiro atoms. The van der Waals surface area contributed by atoms with Crippen LogP contribution in [0.3, 0.4) is 0 Å². The fraction of sp³-hybridized carbons (Fsp3) is 0.407. The van der Waals surface area contributed by atoms with E-state index in [9.17, 15) is 4.79 Å². The fourth-order valence-electron chi connectivity index (χ4n) is 4.47. The minimum Gasteiger partial charge on any atom is -0.483 e. The Morgan fingerprint density at radius 3 is 2.62 bits per heavy atom. The maximum Gasteiger partial charge on any atom is 0.163 e. The zero-order chi connectivity index (χ0) is 22.3. The molecule has 2 atom stereocenters. The highest BCUT2D eigenvalue weighted by Crippen LogP contribution is 2.40. The van der Waals surface area contributed by atoms with Crippen LogP contribution in [-0.2, 0) is 17.7 Å². The highest BCUT2D eigenvalue weighted by molar-refractivity contribution is 5.99. The molecule has 0 saturated carbocycles. The van der Waals surface area contributed by atoms with Gasteiger partial charge in [0.05, 0.1) is 19.0 Å². The number of benzene rings is 2. The molecule has 2 aromatic carbocycles. The second-order valence-electron chi connectivity index (χ2n) is 8.32. The zero-order valence-electron chi connectivity index (χ0n) is 19.0. The topological polar surface area (TPSA) is 53.4 Å². The van der Waals surface area contributed by atoms with Gasteiger partial charge in [0.15, 0.2) is 5.78 Å². The number of ketones is 1. The molecule has 0 radical (unpaired) electrons. The fourth-order valence-corrected chi connectivity index (χ4v) is 4.47. The number of fused-ring (bicyclic) bond motifs is 1. The summed E-state index contributed by atoms with van der Waals surface area (Å²) < 4.78 is 15.0. The number of aromatic nitrogens is 2. The van der Waals surface area contributed by atoms with Crippen molar-refractivity contribution < 1.29 is 14.3 Å². The molecule has 0 saturated heterocycles. The Labute approximate surface area is 190 Å². The first-order valence-electron chi connectivity index (χ1n) is 11.7. The van der Waals surface area contributed by atoms with E-state index in [1.807, 2.05) is 47.4 Å².